The Labute approximate surface area is 121 Å². The molecule has 0 saturated heterocycles. The highest BCUT2D eigenvalue weighted by Crippen LogP contribution is 2.17. The molecule has 1 atom stereocenters. The zero-order chi connectivity index (χ0) is 15.4. The Kier molecular flexibility index (Phi) is 5.50. The molecule has 0 aliphatic carbocycles. The van der Waals surface area contributed by atoms with Crippen molar-refractivity contribution in [3.05, 3.63) is 41.5 Å². The third-order valence-electron chi connectivity index (χ3n) is 3.02. The van der Waals surface area contributed by atoms with E-state index in [1.165, 1.54) is 0 Å². The Morgan fingerprint density at radius 1 is 1.30 bits per heavy atom. The summed E-state index contributed by atoms with van der Waals surface area (Å²) < 4.78 is 27.2. The number of nitrogens with one attached hydrogen (secondary N) is 1. The molecular formula is C15H23NO3S. The lowest BCUT2D eigenvalue weighted by Gasteiger charge is -2.27. The summed E-state index contributed by atoms with van der Waals surface area (Å²) in [6.45, 7) is 7.20. The second-order valence-electron chi connectivity index (χ2n) is 5.62. The van der Waals surface area contributed by atoms with Crippen molar-refractivity contribution in [3.8, 4) is 0 Å². The fourth-order valence-corrected chi connectivity index (χ4v) is 3.08. The van der Waals surface area contributed by atoms with Crippen LogP contribution >= 0.6 is 0 Å². The van der Waals surface area contributed by atoms with E-state index < -0.39 is 15.6 Å². The Morgan fingerprint density at radius 3 is 2.30 bits per heavy atom. The lowest BCUT2D eigenvalue weighted by Crippen LogP contribution is -2.48. The van der Waals surface area contributed by atoms with Gasteiger partial charge in [-0.25, -0.2) is 13.1 Å². The van der Waals surface area contributed by atoms with Crippen LogP contribution in [0.25, 0.3) is 0 Å². The minimum Gasteiger partial charge on any atom is -0.394 e. The molecule has 2 N–H and O–H groups in total. The molecule has 0 bridgehead atoms. The van der Waals surface area contributed by atoms with Crippen molar-refractivity contribution in [1.82, 2.24) is 4.72 Å². The topological polar surface area (TPSA) is 66.4 Å². The third kappa shape index (κ3) is 4.74. The molecule has 5 heteroatoms. The van der Waals surface area contributed by atoms with Crippen LogP contribution in [0.2, 0.25) is 0 Å². The number of hydrogen-bond donors (Lipinski definition) is 2. The van der Waals surface area contributed by atoms with Crippen molar-refractivity contribution in [2.75, 3.05) is 6.61 Å². The Morgan fingerprint density at radius 2 is 1.85 bits per heavy atom. The molecule has 1 rings (SSSR count). The van der Waals surface area contributed by atoms with Crippen LogP contribution in [0.1, 0.15) is 32.8 Å². The maximum absolute atomic E-state index is 12.3. The first-order chi connectivity index (χ1) is 9.18. The summed E-state index contributed by atoms with van der Waals surface area (Å²) >= 11 is 0. The van der Waals surface area contributed by atoms with E-state index in [-0.39, 0.29) is 11.5 Å². The van der Waals surface area contributed by atoms with Gasteiger partial charge in [0.15, 0.2) is 0 Å². The van der Waals surface area contributed by atoms with Gasteiger partial charge in [-0.15, -0.1) is 0 Å². The molecule has 0 saturated carbocycles. The maximum atomic E-state index is 12.3. The molecule has 0 fully saturated rings. The minimum atomic E-state index is -3.63. The molecule has 0 amide bonds. The average Bonchev–Trinajstić information content (AvgIpc) is 2.36. The average molecular weight is 297 g/mol. The molecule has 4 nitrogen and oxygen atoms in total. The fraction of sp³-hybridized carbons (Fsp3) is 0.467. The summed E-state index contributed by atoms with van der Waals surface area (Å²) in [5.74, 6) is 0. The van der Waals surface area contributed by atoms with Gasteiger partial charge in [0.25, 0.3) is 0 Å². The number of allylic oxidation sites excluding steroid dienone is 1. The molecule has 1 aromatic carbocycles. The van der Waals surface area contributed by atoms with E-state index in [0.29, 0.717) is 6.42 Å². The number of rotatable bonds is 6. The Balaban J connectivity index is 2.98. The minimum absolute atomic E-state index is 0.208. The van der Waals surface area contributed by atoms with Crippen LogP contribution in [0.15, 0.2) is 40.8 Å². The highest BCUT2D eigenvalue weighted by atomic mass is 32.2. The largest absolute Gasteiger partial charge is 0.394 e. The summed E-state index contributed by atoms with van der Waals surface area (Å²) in [5.41, 5.74) is 1.18. The quantitative estimate of drug-likeness (QED) is 0.792. The smallest absolute Gasteiger partial charge is 0.241 e. The van der Waals surface area contributed by atoms with Crippen molar-refractivity contribution in [2.45, 2.75) is 44.6 Å². The highest BCUT2D eigenvalue weighted by Gasteiger charge is 2.29. The molecule has 0 spiro atoms. The van der Waals surface area contributed by atoms with E-state index in [1.54, 1.807) is 31.2 Å². The van der Waals surface area contributed by atoms with E-state index in [4.69, 9.17) is 0 Å². The number of aliphatic hydroxyl groups excluding tert-OH is 1. The van der Waals surface area contributed by atoms with Gasteiger partial charge in [0, 0.05) is 0 Å². The van der Waals surface area contributed by atoms with Crippen molar-refractivity contribution < 1.29 is 13.5 Å². The second kappa shape index (κ2) is 6.52. The van der Waals surface area contributed by atoms with Gasteiger partial charge in [0.05, 0.1) is 17.0 Å². The number of benzene rings is 1. The Bertz CT molecular complexity index is 572. The van der Waals surface area contributed by atoms with E-state index in [9.17, 15) is 13.5 Å². The first-order valence-electron chi connectivity index (χ1n) is 6.53. The zero-order valence-electron chi connectivity index (χ0n) is 12.5. The summed E-state index contributed by atoms with van der Waals surface area (Å²) in [5, 5.41) is 9.50. The third-order valence-corrected chi connectivity index (χ3v) is 4.68. The van der Waals surface area contributed by atoms with Crippen molar-refractivity contribution >= 4 is 10.0 Å². The first-order valence-corrected chi connectivity index (χ1v) is 8.02. The van der Waals surface area contributed by atoms with Crippen LogP contribution < -0.4 is 4.72 Å². The molecule has 0 radical (unpaired) electrons. The van der Waals surface area contributed by atoms with Gasteiger partial charge in [0.2, 0.25) is 10.0 Å². The van der Waals surface area contributed by atoms with Crippen LogP contribution in [-0.4, -0.2) is 25.7 Å². The van der Waals surface area contributed by atoms with Gasteiger partial charge in [-0.1, -0.05) is 29.3 Å². The van der Waals surface area contributed by atoms with E-state index in [2.05, 4.69) is 4.72 Å². The normalized spacial score (nSPS) is 14.7. The van der Waals surface area contributed by atoms with Gasteiger partial charge >= 0.3 is 0 Å². The summed E-state index contributed by atoms with van der Waals surface area (Å²) in [7, 11) is -3.63. The van der Waals surface area contributed by atoms with Crippen LogP contribution in [0.3, 0.4) is 0 Å². The van der Waals surface area contributed by atoms with Crippen molar-refractivity contribution in [3.63, 3.8) is 0 Å². The molecule has 20 heavy (non-hydrogen) atoms. The molecule has 0 aliphatic rings. The first kappa shape index (κ1) is 16.9. The lowest BCUT2D eigenvalue weighted by molar-refractivity contribution is 0.196. The molecule has 1 aromatic rings. The molecular weight excluding hydrogens is 274 g/mol. The van der Waals surface area contributed by atoms with Gasteiger partial charge in [0.1, 0.15) is 0 Å². The van der Waals surface area contributed by atoms with Crippen LogP contribution in [-0.2, 0) is 10.0 Å². The molecule has 0 heterocycles. The van der Waals surface area contributed by atoms with Crippen LogP contribution in [0, 0.1) is 6.92 Å². The fourth-order valence-electron chi connectivity index (χ4n) is 1.67. The SMILES string of the molecule is CC(C)=CCC(C)(CO)NS(=O)(=O)c1ccc(C)cc1. The Hall–Kier alpha value is -1.17. The number of aliphatic hydroxyl groups is 1. The van der Waals surface area contributed by atoms with Gasteiger partial charge in [-0.05, 0) is 46.2 Å². The van der Waals surface area contributed by atoms with Gasteiger partial charge in [-0.2, -0.15) is 0 Å². The zero-order valence-corrected chi connectivity index (χ0v) is 13.3. The number of sulfonamides is 1. The molecule has 1 unspecified atom stereocenters. The lowest BCUT2D eigenvalue weighted by atomic mass is 9.99. The molecule has 112 valence electrons. The van der Waals surface area contributed by atoms with Crippen molar-refractivity contribution in [1.29, 1.82) is 0 Å². The predicted octanol–water partition coefficient (Wildman–Crippen LogP) is 2.38. The number of hydrogen-bond acceptors (Lipinski definition) is 3. The predicted molar refractivity (Wildman–Crippen MR) is 81.0 cm³/mol. The van der Waals surface area contributed by atoms with Gasteiger partial charge < -0.3 is 5.11 Å². The monoisotopic (exact) mass is 297 g/mol. The second-order valence-corrected chi connectivity index (χ2v) is 7.31. The van der Waals surface area contributed by atoms with Crippen LogP contribution in [0.5, 0.6) is 0 Å². The summed E-state index contributed by atoms with van der Waals surface area (Å²) in [6.07, 6.45) is 2.35. The standard InChI is InChI=1S/C15H23NO3S/c1-12(2)9-10-15(4,11-17)16-20(18,19)14-7-5-13(3)6-8-14/h5-9,16-17H,10-11H2,1-4H3. The summed E-state index contributed by atoms with van der Waals surface area (Å²) in [6, 6.07) is 6.63. The maximum Gasteiger partial charge on any atom is 0.241 e. The highest BCUT2D eigenvalue weighted by molar-refractivity contribution is 7.89. The molecule has 0 aliphatic heterocycles. The summed E-state index contributed by atoms with van der Waals surface area (Å²) in [4.78, 5) is 0.208. The van der Waals surface area contributed by atoms with Crippen molar-refractivity contribution in [2.24, 2.45) is 0 Å². The van der Waals surface area contributed by atoms with E-state index in [0.717, 1.165) is 11.1 Å². The number of aryl methyl sites for hydroxylation is 1. The van der Waals surface area contributed by atoms with Gasteiger partial charge in [-0.3, -0.25) is 0 Å². The van der Waals surface area contributed by atoms with Crippen LogP contribution in [0.4, 0.5) is 0 Å². The molecule has 0 aromatic heterocycles. The van der Waals surface area contributed by atoms with E-state index in [1.807, 2.05) is 26.8 Å². The van der Waals surface area contributed by atoms with E-state index >= 15 is 0 Å².